The summed E-state index contributed by atoms with van der Waals surface area (Å²) in [5.74, 6) is 0.135. The van der Waals surface area contributed by atoms with Crippen LogP contribution in [0.15, 0.2) is 47.9 Å². The number of hydrogen-bond acceptors (Lipinski definition) is 4. The number of likely N-dealkylation sites (tertiary alicyclic amines) is 1. The van der Waals surface area contributed by atoms with E-state index in [0.717, 1.165) is 63.2 Å². The number of aromatic nitrogens is 2. The number of thiazole rings is 1. The largest absolute Gasteiger partial charge is 0.335 e. The van der Waals surface area contributed by atoms with Crippen LogP contribution in [0.3, 0.4) is 0 Å². The van der Waals surface area contributed by atoms with Crippen molar-refractivity contribution in [1.82, 2.24) is 14.3 Å². The molecule has 1 saturated heterocycles. The lowest BCUT2D eigenvalue weighted by Gasteiger charge is -2.23. The first-order valence-electron chi connectivity index (χ1n) is 9.36. The number of fused-ring (bicyclic) bond motifs is 1. The van der Waals surface area contributed by atoms with Crippen LogP contribution in [-0.2, 0) is 4.79 Å². The predicted molar refractivity (Wildman–Crippen MR) is 114 cm³/mol. The first-order chi connectivity index (χ1) is 13.6. The molecule has 7 heteroatoms. The van der Waals surface area contributed by atoms with Gasteiger partial charge in [-0.25, -0.2) is 4.98 Å². The third-order valence-corrected chi connectivity index (χ3v) is 6.71. The number of imidazole rings is 1. The molecule has 0 radical (unpaired) electrons. The molecule has 0 bridgehead atoms. The van der Waals surface area contributed by atoms with Gasteiger partial charge in [-0.1, -0.05) is 35.1 Å². The number of nitrogens with zero attached hydrogens (tertiary/aromatic N) is 4. The fourth-order valence-corrected chi connectivity index (χ4v) is 5.09. The molecule has 1 unspecified atom stereocenters. The monoisotopic (exact) mass is 410 g/mol. The van der Waals surface area contributed by atoms with Crippen LogP contribution in [0.4, 0.5) is 0 Å². The molecule has 5 nitrogen and oxygen atoms in total. The SMILES string of the molecule is CC(=O)N1CCCC1C1=NC=C(c2cn3cc(-c4ccc(Cl)cc4)sc3n2)C1. The molecule has 0 spiro atoms. The zero-order chi connectivity index (χ0) is 19.3. The summed E-state index contributed by atoms with van der Waals surface area (Å²) in [5.41, 5.74) is 4.30. The van der Waals surface area contributed by atoms with Crippen molar-refractivity contribution in [1.29, 1.82) is 0 Å². The van der Waals surface area contributed by atoms with Crippen LogP contribution < -0.4 is 0 Å². The molecule has 28 heavy (non-hydrogen) atoms. The van der Waals surface area contributed by atoms with Gasteiger partial charge in [0.05, 0.1) is 16.6 Å². The summed E-state index contributed by atoms with van der Waals surface area (Å²) in [6, 6.07) is 8.00. The average Bonchev–Trinajstić information content (AvgIpc) is 3.42. The number of carbonyl (C=O) groups is 1. The molecule has 1 aromatic carbocycles. The van der Waals surface area contributed by atoms with Crippen molar-refractivity contribution >= 4 is 45.1 Å². The quantitative estimate of drug-likeness (QED) is 0.615. The van der Waals surface area contributed by atoms with Gasteiger partial charge in [0.25, 0.3) is 0 Å². The highest BCUT2D eigenvalue weighted by Crippen LogP contribution is 2.33. The lowest BCUT2D eigenvalue weighted by atomic mass is 10.0. The predicted octanol–water partition coefficient (Wildman–Crippen LogP) is 4.91. The summed E-state index contributed by atoms with van der Waals surface area (Å²) in [4.78, 5) is 25.4. The summed E-state index contributed by atoms with van der Waals surface area (Å²) in [6.07, 6.45) is 8.90. The molecule has 2 aliphatic heterocycles. The van der Waals surface area contributed by atoms with Gasteiger partial charge < -0.3 is 4.90 Å². The molecular formula is C21H19ClN4OS. The van der Waals surface area contributed by atoms with E-state index in [-0.39, 0.29) is 11.9 Å². The van der Waals surface area contributed by atoms with E-state index in [0.29, 0.717) is 0 Å². The van der Waals surface area contributed by atoms with E-state index in [9.17, 15) is 4.79 Å². The van der Waals surface area contributed by atoms with Crippen molar-refractivity contribution < 1.29 is 4.79 Å². The highest BCUT2D eigenvalue weighted by atomic mass is 35.5. The molecule has 142 valence electrons. The Labute approximate surface area is 172 Å². The lowest BCUT2D eigenvalue weighted by Crippen LogP contribution is -2.38. The summed E-state index contributed by atoms with van der Waals surface area (Å²) in [7, 11) is 0. The minimum Gasteiger partial charge on any atom is -0.335 e. The van der Waals surface area contributed by atoms with Crippen molar-refractivity contribution in [2.45, 2.75) is 32.2 Å². The third kappa shape index (κ3) is 3.06. The zero-order valence-corrected chi connectivity index (χ0v) is 17.0. The van der Waals surface area contributed by atoms with E-state index < -0.39 is 0 Å². The van der Waals surface area contributed by atoms with Crippen LogP contribution in [0.1, 0.15) is 31.9 Å². The lowest BCUT2D eigenvalue weighted by molar-refractivity contribution is -0.128. The normalized spacial score (nSPS) is 19.4. The Morgan fingerprint density at radius 2 is 2.07 bits per heavy atom. The Kier molecular flexibility index (Phi) is 4.33. The van der Waals surface area contributed by atoms with Crippen LogP contribution in [0.25, 0.3) is 21.0 Å². The van der Waals surface area contributed by atoms with Crippen molar-refractivity contribution in [2.24, 2.45) is 4.99 Å². The van der Waals surface area contributed by atoms with Crippen LogP contribution in [0.2, 0.25) is 5.02 Å². The minimum atomic E-state index is 0.135. The van der Waals surface area contributed by atoms with E-state index in [1.165, 1.54) is 0 Å². The molecule has 0 aliphatic carbocycles. The van der Waals surface area contributed by atoms with E-state index in [2.05, 4.69) is 21.8 Å². The molecule has 1 fully saturated rings. The average molecular weight is 411 g/mol. The van der Waals surface area contributed by atoms with Gasteiger partial charge in [0.1, 0.15) is 0 Å². The summed E-state index contributed by atoms with van der Waals surface area (Å²) in [5, 5.41) is 0.738. The number of carbonyl (C=O) groups excluding carboxylic acids is 1. The van der Waals surface area contributed by atoms with Gasteiger partial charge in [-0.3, -0.25) is 14.2 Å². The molecule has 2 aromatic heterocycles. The third-order valence-electron chi connectivity index (χ3n) is 5.41. The zero-order valence-electron chi connectivity index (χ0n) is 15.4. The van der Waals surface area contributed by atoms with E-state index in [1.807, 2.05) is 35.4 Å². The molecule has 1 atom stereocenters. The summed E-state index contributed by atoms with van der Waals surface area (Å²) >= 11 is 7.64. The Hall–Kier alpha value is -2.44. The maximum atomic E-state index is 11.8. The van der Waals surface area contributed by atoms with Crippen molar-refractivity contribution in [2.75, 3.05) is 6.54 Å². The fourth-order valence-electron chi connectivity index (χ4n) is 4.00. The van der Waals surface area contributed by atoms with Gasteiger partial charge in [0.2, 0.25) is 5.91 Å². The van der Waals surface area contributed by atoms with Gasteiger partial charge in [0.15, 0.2) is 4.96 Å². The van der Waals surface area contributed by atoms with Gasteiger partial charge in [-0.05, 0) is 30.5 Å². The smallest absolute Gasteiger partial charge is 0.219 e. The van der Waals surface area contributed by atoms with Gasteiger partial charge in [0, 0.05) is 54.8 Å². The maximum absolute atomic E-state index is 11.8. The van der Waals surface area contributed by atoms with Gasteiger partial charge in [-0.15, -0.1) is 0 Å². The first-order valence-corrected chi connectivity index (χ1v) is 10.6. The molecule has 2 aliphatic rings. The molecular weight excluding hydrogens is 392 g/mol. The molecule has 3 aromatic rings. The van der Waals surface area contributed by atoms with E-state index >= 15 is 0 Å². The highest BCUT2D eigenvalue weighted by Gasteiger charge is 2.32. The van der Waals surface area contributed by atoms with Crippen LogP contribution >= 0.6 is 22.9 Å². The highest BCUT2D eigenvalue weighted by molar-refractivity contribution is 7.20. The van der Waals surface area contributed by atoms with E-state index in [4.69, 9.17) is 16.6 Å². The molecule has 1 amide bonds. The number of allylic oxidation sites excluding steroid dienone is 1. The van der Waals surface area contributed by atoms with Gasteiger partial charge in [-0.2, -0.15) is 0 Å². The Bertz CT molecular complexity index is 1090. The second kappa shape index (κ2) is 6.87. The van der Waals surface area contributed by atoms with Crippen molar-refractivity contribution in [3.8, 4) is 10.4 Å². The van der Waals surface area contributed by atoms with Crippen LogP contribution in [0.5, 0.6) is 0 Å². The fraction of sp³-hybridized carbons (Fsp3) is 0.286. The standard InChI is InChI=1S/C21H19ClN4OS/c1-13(27)26-8-2-3-19(26)17-9-15(10-23-17)18-11-25-12-20(28-21(25)24-18)14-4-6-16(22)7-5-14/h4-7,10-12,19H,2-3,8-9H2,1H3. The van der Waals surface area contributed by atoms with Crippen molar-refractivity contribution in [3.63, 3.8) is 0 Å². The van der Waals surface area contributed by atoms with Crippen LogP contribution in [0, 0.1) is 0 Å². The number of amides is 1. The second-order valence-corrected chi connectivity index (χ2v) is 8.69. The number of aliphatic imine (C=N–C) groups is 1. The van der Waals surface area contributed by atoms with Crippen LogP contribution in [-0.4, -0.2) is 38.5 Å². The minimum absolute atomic E-state index is 0.135. The van der Waals surface area contributed by atoms with Gasteiger partial charge >= 0.3 is 0 Å². The topological polar surface area (TPSA) is 50.0 Å². The number of halogens is 1. The molecule has 0 saturated carbocycles. The molecule has 4 heterocycles. The second-order valence-electron chi connectivity index (χ2n) is 7.24. The van der Waals surface area contributed by atoms with Crippen molar-refractivity contribution in [3.05, 3.63) is 53.6 Å². The number of benzene rings is 1. The molecule has 5 rings (SSSR count). The Balaban J connectivity index is 1.34. The van der Waals surface area contributed by atoms with E-state index in [1.54, 1.807) is 18.3 Å². The summed E-state index contributed by atoms with van der Waals surface area (Å²) < 4.78 is 2.07. The first kappa shape index (κ1) is 17.6. The Morgan fingerprint density at radius 1 is 1.25 bits per heavy atom. The number of rotatable bonds is 3. The Morgan fingerprint density at radius 3 is 2.82 bits per heavy atom. The molecule has 0 N–H and O–H groups in total. The number of hydrogen-bond donors (Lipinski definition) is 0. The maximum Gasteiger partial charge on any atom is 0.219 e. The summed E-state index contributed by atoms with van der Waals surface area (Å²) in [6.45, 7) is 2.48.